The SMILES string of the molecule is CCNC(=NCCCn1cnc2ccccc21)NC1CC2CCC1O2.I. The molecule has 0 aliphatic carbocycles. The number of benzene rings is 1. The minimum Gasteiger partial charge on any atom is -0.373 e. The van der Waals surface area contributed by atoms with Gasteiger partial charge in [-0.3, -0.25) is 4.99 Å². The van der Waals surface area contributed by atoms with E-state index in [0.29, 0.717) is 18.2 Å². The van der Waals surface area contributed by atoms with Crippen molar-refractivity contribution in [3.63, 3.8) is 0 Å². The molecule has 1 aromatic heterocycles. The number of nitrogens with one attached hydrogen (secondary N) is 2. The summed E-state index contributed by atoms with van der Waals surface area (Å²) in [7, 11) is 0. The molecule has 3 unspecified atom stereocenters. The number of rotatable bonds is 6. The summed E-state index contributed by atoms with van der Waals surface area (Å²) in [5, 5.41) is 6.92. The first-order valence-corrected chi connectivity index (χ1v) is 9.43. The van der Waals surface area contributed by atoms with Crippen LogP contribution in [0.3, 0.4) is 0 Å². The molecule has 0 amide bonds. The van der Waals surface area contributed by atoms with Gasteiger partial charge in [-0.05, 0) is 44.7 Å². The van der Waals surface area contributed by atoms with Crippen LogP contribution in [0, 0.1) is 0 Å². The molecule has 6 nitrogen and oxygen atoms in total. The standard InChI is InChI=1S/C19H27N5O.HI/c1-2-20-19(23-16-12-14-8-9-18(16)25-14)21-10-5-11-24-13-22-15-6-3-4-7-17(15)24;/h3-4,6-7,13-14,16,18H,2,5,8-12H2,1H3,(H2,20,21,23);1H. The molecule has 2 saturated heterocycles. The van der Waals surface area contributed by atoms with Crippen LogP contribution in [-0.2, 0) is 11.3 Å². The lowest BCUT2D eigenvalue weighted by atomic mass is 9.96. The van der Waals surface area contributed by atoms with Crippen molar-refractivity contribution in [3.05, 3.63) is 30.6 Å². The van der Waals surface area contributed by atoms with Crippen LogP contribution in [0.2, 0.25) is 0 Å². The summed E-state index contributed by atoms with van der Waals surface area (Å²) < 4.78 is 8.13. The lowest BCUT2D eigenvalue weighted by molar-refractivity contribution is 0.0992. The highest BCUT2D eigenvalue weighted by atomic mass is 127. The zero-order valence-corrected chi connectivity index (χ0v) is 17.6. The van der Waals surface area contributed by atoms with Gasteiger partial charge in [0.25, 0.3) is 0 Å². The summed E-state index contributed by atoms with van der Waals surface area (Å²) in [4.78, 5) is 9.19. The fraction of sp³-hybridized carbons (Fsp3) is 0.579. The first-order chi connectivity index (χ1) is 12.3. The maximum atomic E-state index is 5.92. The first kappa shape index (κ1) is 19.4. The zero-order valence-electron chi connectivity index (χ0n) is 15.2. The molecule has 2 bridgehead atoms. The number of halogens is 1. The van der Waals surface area contributed by atoms with E-state index in [9.17, 15) is 0 Å². The van der Waals surface area contributed by atoms with E-state index in [0.717, 1.165) is 44.0 Å². The fourth-order valence-electron chi connectivity index (χ4n) is 3.91. The topological polar surface area (TPSA) is 63.5 Å². The third-order valence-electron chi connectivity index (χ3n) is 5.13. The molecule has 0 spiro atoms. The van der Waals surface area contributed by atoms with Crippen LogP contribution in [0.25, 0.3) is 11.0 Å². The lowest BCUT2D eigenvalue weighted by Gasteiger charge is -2.22. The van der Waals surface area contributed by atoms with Gasteiger partial charge in [0.2, 0.25) is 0 Å². The number of aromatic nitrogens is 2. The van der Waals surface area contributed by atoms with Gasteiger partial charge < -0.3 is 19.9 Å². The molecule has 3 heterocycles. The van der Waals surface area contributed by atoms with Gasteiger partial charge in [-0.15, -0.1) is 24.0 Å². The summed E-state index contributed by atoms with van der Waals surface area (Å²) in [6.07, 6.45) is 7.24. The van der Waals surface area contributed by atoms with Crippen molar-refractivity contribution >= 4 is 41.0 Å². The normalized spacial score (nSPS) is 24.7. The molecule has 142 valence electrons. The van der Waals surface area contributed by atoms with Crippen molar-refractivity contribution in [2.45, 2.75) is 57.4 Å². The van der Waals surface area contributed by atoms with Crippen LogP contribution < -0.4 is 10.6 Å². The van der Waals surface area contributed by atoms with Gasteiger partial charge in [-0.2, -0.15) is 0 Å². The molecule has 0 radical (unpaired) electrons. The fourth-order valence-corrected chi connectivity index (χ4v) is 3.91. The van der Waals surface area contributed by atoms with Gasteiger partial charge in [0.15, 0.2) is 5.96 Å². The Kier molecular flexibility index (Phi) is 6.74. The Labute approximate surface area is 171 Å². The Hall–Kier alpha value is -1.35. The Morgan fingerprint density at radius 1 is 1.35 bits per heavy atom. The van der Waals surface area contributed by atoms with E-state index in [2.05, 4.69) is 45.3 Å². The van der Waals surface area contributed by atoms with Crippen molar-refractivity contribution in [3.8, 4) is 0 Å². The monoisotopic (exact) mass is 469 g/mol. The van der Waals surface area contributed by atoms with E-state index in [1.165, 1.54) is 18.4 Å². The van der Waals surface area contributed by atoms with Gasteiger partial charge in [0, 0.05) is 19.6 Å². The Bertz CT molecular complexity index is 746. The number of guanidine groups is 1. The molecule has 1 aromatic carbocycles. The van der Waals surface area contributed by atoms with Crippen molar-refractivity contribution in [2.24, 2.45) is 4.99 Å². The number of hydrogen-bond donors (Lipinski definition) is 2. The van der Waals surface area contributed by atoms with E-state index >= 15 is 0 Å². The summed E-state index contributed by atoms with van der Waals surface area (Å²) in [5.41, 5.74) is 2.24. The second-order valence-electron chi connectivity index (χ2n) is 6.90. The largest absolute Gasteiger partial charge is 0.373 e. The first-order valence-electron chi connectivity index (χ1n) is 9.43. The molecule has 7 heteroatoms. The third kappa shape index (κ3) is 4.31. The zero-order chi connectivity index (χ0) is 17.1. The maximum Gasteiger partial charge on any atom is 0.191 e. The van der Waals surface area contributed by atoms with E-state index in [1.54, 1.807) is 0 Å². The van der Waals surface area contributed by atoms with Crippen molar-refractivity contribution in [2.75, 3.05) is 13.1 Å². The van der Waals surface area contributed by atoms with Gasteiger partial charge in [0.05, 0.1) is 35.6 Å². The molecular weight excluding hydrogens is 441 g/mol. The number of aliphatic imine (C=N–C) groups is 1. The minimum absolute atomic E-state index is 0. The molecular formula is C19H28IN5O. The van der Waals surface area contributed by atoms with Gasteiger partial charge >= 0.3 is 0 Å². The molecule has 4 rings (SSSR count). The molecule has 2 aliphatic rings. The number of nitrogens with zero attached hydrogens (tertiary/aromatic N) is 3. The molecule has 2 fully saturated rings. The smallest absolute Gasteiger partial charge is 0.191 e. The quantitative estimate of drug-likeness (QED) is 0.296. The van der Waals surface area contributed by atoms with Crippen molar-refractivity contribution in [1.29, 1.82) is 0 Å². The molecule has 26 heavy (non-hydrogen) atoms. The Morgan fingerprint density at radius 3 is 3.00 bits per heavy atom. The second-order valence-corrected chi connectivity index (χ2v) is 6.90. The number of para-hydroxylation sites is 2. The predicted octanol–water partition coefficient (Wildman–Crippen LogP) is 2.92. The van der Waals surface area contributed by atoms with Crippen LogP contribution in [0.5, 0.6) is 0 Å². The number of ether oxygens (including phenoxy) is 1. The van der Waals surface area contributed by atoms with E-state index in [1.807, 2.05) is 12.4 Å². The van der Waals surface area contributed by atoms with E-state index in [-0.39, 0.29) is 24.0 Å². The number of imidazole rings is 1. The van der Waals surface area contributed by atoms with Gasteiger partial charge in [-0.25, -0.2) is 4.98 Å². The number of fused-ring (bicyclic) bond motifs is 3. The average Bonchev–Trinajstić information content (AvgIpc) is 3.34. The summed E-state index contributed by atoms with van der Waals surface area (Å²) in [6, 6.07) is 8.66. The van der Waals surface area contributed by atoms with Gasteiger partial charge in [0.1, 0.15) is 0 Å². The van der Waals surface area contributed by atoms with Crippen molar-refractivity contribution < 1.29 is 4.74 Å². The van der Waals surface area contributed by atoms with Crippen LogP contribution in [-0.4, -0.2) is 46.8 Å². The lowest BCUT2D eigenvalue weighted by Crippen LogP contribution is -2.47. The highest BCUT2D eigenvalue weighted by molar-refractivity contribution is 14.0. The molecule has 2 N–H and O–H groups in total. The predicted molar refractivity (Wildman–Crippen MR) is 115 cm³/mol. The summed E-state index contributed by atoms with van der Waals surface area (Å²) in [6.45, 7) is 4.70. The van der Waals surface area contributed by atoms with Crippen LogP contribution in [0.15, 0.2) is 35.6 Å². The number of aryl methyl sites for hydroxylation is 1. The number of hydrogen-bond acceptors (Lipinski definition) is 3. The average molecular weight is 469 g/mol. The van der Waals surface area contributed by atoms with Crippen LogP contribution in [0.1, 0.15) is 32.6 Å². The Morgan fingerprint density at radius 2 is 2.23 bits per heavy atom. The van der Waals surface area contributed by atoms with Gasteiger partial charge in [-0.1, -0.05) is 12.1 Å². The molecule has 2 aromatic rings. The highest BCUT2D eigenvalue weighted by Gasteiger charge is 2.41. The summed E-state index contributed by atoms with van der Waals surface area (Å²) in [5.74, 6) is 0.916. The molecule has 3 atom stereocenters. The second kappa shape index (κ2) is 9.03. The highest BCUT2D eigenvalue weighted by Crippen LogP contribution is 2.34. The van der Waals surface area contributed by atoms with E-state index in [4.69, 9.17) is 9.73 Å². The third-order valence-corrected chi connectivity index (χ3v) is 5.13. The minimum atomic E-state index is 0. The Balaban J connectivity index is 0.00000196. The van der Waals surface area contributed by atoms with Crippen molar-refractivity contribution in [1.82, 2.24) is 20.2 Å². The van der Waals surface area contributed by atoms with E-state index < -0.39 is 0 Å². The van der Waals surface area contributed by atoms with Crippen LogP contribution >= 0.6 is 24.0 Å². The maximum absolute atomic E-state index is 5.92. The van der Waals surface area contributed by atoms with Crippen LogP contribution in [0.4, 0.5) is 0 Å². The molecule has 0 saturated carbocycles. The molecule has 2 aliphatic heterocycles. The summed E-state index contributed by atoms with van der Waals surface area (Å²) >= 11 is 0.